The van der Waals surface area contributed by atoms with E-state index in [1.807, 2.05) is 0 Å². The molecule has 0 spiro atoms. The average molecular weight is 302 g/mol. The summed E-state index contributed by atoms with van der Waals surface area (Å²) in [5.74, 6) is 1.20. The number of nitrogens with zero attached hydrogens (tertiary/aromatic N) is 1. The van der Waals surface area contributed by atoms with E-state index in [4.69, 9.17) is 5.26 Å². The Morgan fingerprint density at radius 2 is 1.95 bits per heavy atom. The van der Waals surface area contributed by atoms with Crippen molar-refractivity contribution in [1.29, 1.82) is 5.26 Å². The molecule has 1 aromatic rings. The van der Waals surface area contributed by atoms with Gasteiger partial charge >= 0.3 is 6.18 Å². The zero-order chi connectivity index (χ0) is 14.8. The predicted octanol–water partition coefficient (Wildman–Crippen LogP) is 2.90. The zero-order valence-electron chi connectivity index (χ0n) is 10.5. The molecule has 0 aromatic heterocycles. The van der Waals surface area contributed by atoms with Gasteiger partial charge < -0.3 is 5.32 Å². The lowest BCUT2D eigenvalue weighted by Gasteiger charge is -2.24. The van der Waals surface area contributed by atoms with Crippen LogP contribution in [-0.4, -0.2) is 21.8 Å². The average Bonchev–Trinajstić information content (AvgIpc) is 2.40. The van der Waals surface area contributed by atoms with Gasteiger partial charge in [0.05, 0.1) is 17.2 Å². The third kappa shape index (κ3) is 3.51. The van der Waals surface area contributed by atoms with Gasteiger partial charge in [0.15, 0.2) is 0 Å². The molecule has 0 saturated carbocycles. The molecule has 108 valence electrons. The summed E-state index contributed by atoms with van der Waals surface area (Å²) in [5, 5.41) is 11.9. The molecule has 20 heavy (non-hydrogen) atoms. The van der Waals surface area contributed by atoms with E-state index in [2.05, 4.69) is 5.32 Å². The van der Waals surface area contributed by atoms with Crippen LogP contribution in [0.2, 0.25) is 0 Å². The Labute approximate surface area is 117 Å². The number of alkyl halides is 3. The molecule has 0 unspecified atom stereocenters. The molecule has 1 aliphatic heterocycles. The van der Waals surface area contributed by atoms with Crippen molar-refractivity contribution < 1.29 is 17.4 Å². The predicted molar refractivity (Wildman–Crippen MR) is 70.7 cm³/mol. The number of rotatable bonds is 2. The molecule has 0 aliphatic carbocycles. The van der Waals surface area contributed by atoms with E-state index in [0.717, 1.165) is 18.9 Å². The normalized spacial score (nSPS) is 23.1. The molecular formula is C13H13F3N2OS. The number of hydrogen-bond acceptors (Lipinski definition) is 3. The molecule has 2 rings (SSSR count). The summed E-state index contributed by atoms with van der Waals surface area (Å²) in [5.41, 5.74) is -0.815. The van der Waals surface area contributed by atoms with Crippen LogP contribution in [0.3, 0.4) is 0 Å². The molecule has 0 radical (unpaired) electrons. The van der Waals surface area contributed by atoms with Gasteiger partial charge in [-0.15, -0.1) is 0 Å². The Morgan fingerprint density at radius 1 is 1.30 bits per heavy atom. The van der Waals surface area contributed by atoms with Crippen LogP contribution in [0.4, 0.5) is 18.9 Å². The first kappa shape index (κ1) is 14.9. The van der Waals surface area contributed by atoms with Crippen LogP contribution in [0.5, 0.6) is 0 Å². The van der Waals surface area contributed by atoms with Crippen molar-refractivity contribution >= 4 is 16.5 Å². The summed E-state index contributed by atoms with van der Waals surface area (Å²) >= 11 is 0. The SMILES string of the molecule is N#Cc1cc(NC2CCS(=O)CC2)ccc1C(F)(F)F. The lowest BCUT2D eigenvalue weighted by Crippen LogP contribution is -2.29. The van der Waals surface area contributed by atoms with Gasteiger partial charge in [-0.05, 0) is 31.0 Å². The second kappa shape index (κ2) is 5.83. The standard InChI is InChI=1S/C13H13F3N2OS/c14-13(15,16)12-2-1-11(7-9(12)8-17)18-10-3-5-20(19)6-4-10/h1-2,7,10,18H,3-6H2. The topological polar surface area (TPSA) is 52.9 Å². The smallest absolute Gasteiger partial charge is 0.382 e. The number of halogens is 3. The van der Waals surface area contributed by atoms with Crippen LogP contribution in [-0.2, 0) is 17.0 Å². The number of anilines is 1. The van der Waals surface area contributed by atoms with Crippen molar-refractivity contribution in [3.05, 3.63) is 29.3 Å². The highest BCUT2D eigenvalue weighted by Gasteiger charge is 2.33. The lowest BCUT2D eigenvalue weighted by atomic mass is 10.1. The van der Waals surface area contributed by atoms with Crippen molar-refractivity contribution in [1.82, 2.24) is 0 Å². The molecule has 1 aliphatic rings. The summed E-state index contributed by atoms with van der Waals surface area (Å²) in [6.45, 7) is 0. The van der Waals surface area contributed by atoms with Gasteiger partial charge in [0, 0.05) is 34.0 Å². The minimum atomic E-state index is -4.52. The Hall–Kier alpha value is -1.55. The fourth-order valence-corrected chi connectivity index (χ4v) is 3.45. The third-order valence-electron chi connectivity index (χ3n) is 3.20. The molecule has 1 heterocycles. The number of nitriles is 1. The van der Waals surface area contributed by atoms with E-state index in [0.29, 0.717) is 17.2 Å². The van der Waals surface area contributed by atoms with Crippen molar-refractivity contribution in [3.63, 3.8) is 0 Å². The maximum atomic E-state index is 12.7. The Bertz CT molecular complexity index is 556. The van der Waals surface area contributed by atoms with Gasteiger partial charge in [-0.1, -0.05) is 0 Å². The minimum Gasteiger partial charge on any atom is -0.382 e. The van der Waals surface area contributed by atoms with Crippen LogP contribution in [0, 0.1) is 11.3 Å². The molecule has 7 heteroatoms. The third-order valence-corrected chi connectivity index (χ3v) is 4.59. The Kier molecular flexibility index (Phi) is 4.33. The summed E-state index contributed by atoms with van der Waals surface area (Å²) in [4.78, 5) is 0. The van der Waals surface area contributed by atoms with Crippen LogP contribution in [0.15, 0.2) is 18.2 Å². The highest BCUT2D eigenvalue weighted by atomic mass is 32.2. The van der Waals surface area contributed by atoms with Gasteiger partial charge in [0.25, 0.3) is 0 Å². The van der Waals surface area contributed by atoms with Crippen LogP contribution < -0.4 is 5.32 Å². The first-order valence-corrected chi connectivity index (χ1v) is 7.62. The largest absolute Gasteiger partial charge is 0.417 e. The van der Waals surface area contributed by atoms with Gasteiger partial charge in [-0.25, -0.2) is 0 Å². The minimum absolute atomic E-state index is 0.0935. The van der Waals surface area contributed by atoms with Crippen molar-refractivity contribution in [2.75, 3.05) is 16.8 Å². The summed E-state index contributed by atoms with van der Waals surface area (Å²) in [6, 6.07) is 5.14. The lowest BCUT2D eigenvalue weighted by molar-refractivity contribution is -0.137. The fourth-order valence-electron chi connectivity index (χ4n) is 2.15. The molecule has 3 nitrogen and oxygen atoms in total. The molecule has 1 saturated heterocycles. The highest BCUT2D eigenvalue weighted by Crippen LogP contribution is 2.33. The highest BCUT2D eigenvalue weighted by molar-refractivity contribution is 7.85. The molecule has 1 fully saturated rings. The van der Waals surface area contributed by atoms with Crippen LogP contribution in [0.1, 0.15) is 24.0 Å². The molecule has 1 aromatic carbocycles. The van der Waals surface area contributed by atoms with Gasteiger partial charge in [-0.3, -0.25) is 4.21 Å². The van der Waals surface area contributed by atoms with Crippen LogP contribution >= 0.6 is 0 Å². The van der Waals surface area contributed by atoms with E-state index in [1.54, 1.807) is 6.07 Å². The van der Waals surface area contributed by atoms with E-state index in [-0.39, 0.29) is 11.6 Å². The van der Waals surface area contributed by atoms with E-state index < -0.39 is 22.5 Å². The van der Waals surface area contributed by atoms with Crippen molar-refractivity contribution in [2.45, 2.75) is 25.1 Å². The molecule has 0 bridgehead atoms. The van der Waals surface area contributed by atoms with Crippen molar-refractivity contribution in [3.8, 4) is 6.07 Å². The first-order chi connectivity index (χ1) is 9.40. The summed E-state index contributed by atoms with van der Waals surface area (Å²) in [7, 11) is -0.781. The Balaban J connectivity index is 2.14. The maximum absolute atomic E-state index is 12.7. The fraction of sp³-hybridized carbons (Fsp3) is 0.462. The maximum Gasteiger partial charge on any atom is 0.417 e. The quantitative estimate of drug-likeness (QED) is 0.914. The van der Waals surface area contributed by atoms with Crippen molar-refractivity contribution in [2.24, 2.45) is 0 Å². The summed E-state index contributed by atoms with van der Waals surface area (Å²) < 4.78 is 49.2. The van der Waals surface area contributed by atoms with Gasteiger partial charge in [-0.2, -0.15) is 18.4 Å². The first-order valence-electron chi connectivity index (χ1n) is 6.13. The second-order valence-corrected chi connectivity index (χ2v) is 6.33. The molecular weight excluding hydrogens is 289 g/mol. The molecule has 0 amide bonds. The van der Waals surface area contributed by atoms with Crippen LogP contribution in [0.25, 0.3) is 0 Å². The monoisotopic (exact) mass is 302 g/mol. The number of nitrogens with one attached hydrogen (secondary N) is 1. The number of benzene rings is 1. The zero-order valence-corrected chi connectivity index (χ0v) is 11.4. The van der Waals surface area contributed by atoms with Gasteiger partial charge in [0.1, 0.15) is 0 Å². The van der Waals surface area contributed by atoms with E-state index in [9.17, 15) is 17.4 Å². The van der Waals surface area contributed by atoms with E-state index in [1.165, 1.54) is 12.1 Å². The van der Waals surface area contributed by atoms with Gasteiger partial charge in [0.2, 0.25) is 0 Å². The molecule has 1 N–H and O–H groups in total. The summed E-state index contributed by atoms with van der Waals surface area (Å²) in [6.07, 6.45) is -3.09. The number of hydrogen-bond donors (Lipinski definition) is 1. The molecule has 0 atom stereocenters. The van der Waals surface area contributed by atoms with E-state index >= 15 is 0 Å². The Morgan fingerprint density at radius 3 is 2.50 bits per heavy atom. The second-order valence-electron chi connectivity index (χ2n) is 4.64.